The topological polar surface area (TPSA) is 86.8 Å². The maximum Gasteiger partial charge on any atom is 0.242 e. The predicted octanol–water partition coefficient (Wildman–Crippen LogP) is 3.98. The van der Waals surface area contributed by atoms with Gasteiger partial charge in [0.05, 0.1) is 4.90 Å². The Kier molecular flexibility index (Phi) is 10.9. The Balaban J connectivity index is 2.13. The van der Waals surface area contributed by atoms with Gasteiger partial charge < -0.3 is 10.2 Å². The zero-order valence-electron chi connectivity index (χ0n) is 21.5. The minimum absolute atomic E-state index is 0.147. The first-order valence-corrected chi connectivity index (χ1v) is 13.6. The van der Waals surface area contributed by atoms with Crippen LogP contribution < -0.4 is 5.32 Å². The Morgan fingerprint density at radius 1 is 1.00 bits per heavy atom. The quantitative estimate of drug-likeness (QED) is 0.450. The first kappa shape index (κ1) is 28.5. The van der Waals surface area contributed by atoms with Crippen LogP contribution in [0.2, 0.25) is 0 Å². The summed E-state index contributed by atoms with van der Waals surface area (Å²) in [5.74, 6) is -0.0173. The van der Waals surface area contributed by atoms with E-state index in [1.54, 1.807) is 35.2 Å². The van der Waals surface area contributed by atoms with E-state index in [0.29, 0.717) is 31.8 Å². The molecule has 2 amide bonds. The molecule has 7 nitrogen and oxygen atoms in total. The van der Waals surface area contributed by atoms with Crippen LogP contribution in [0.15, 0.2) is 59.5 Å². The third kappa shape index (κ3) is 8.18. The number of benzene rings is 2. The lowest BCUT2D eigenvalue weighted by molar-refractivity contribution is -0.141. The standard InChI is InChI=1S/C27H39N3O4S/c1-6-25(27(32)28-19-21(2)3)30(20-23-14-11-10-13-22(23)4)26(31)17-12-18-29(5)35(33,34)24-15-8-7-9-16-24/h7-11,13-16,21,25H,6,12,17-20H2,1-5H3,(H,28,32)/t25-/m1/s1. The molecular weight excluding hydrogens is 462 g/mol. The summed E-state index contributed by atoms with van der Waals surface area (Å²) in [5.41, 5.74) is 2.04. The van der Waals surface area contributed by atoms with Crippen molar-refractivity contribution in [3.8, 4) is 0 Å². The summed E-state index contributed by atoms with van der Waals surface area (Å²) in [6.07, 6.45) is 0.994. The number of hydrogen-bond donors (Lipinski definition) is 1. The molecule has 192 valence electrons. The largest absolute Gasteiger partial charge is 0.354 e. The number of nitrogens with zero attached hydrogens (tertiary/aromatic N) is 2. The van der Waals surface area contributed by atoms with Crippen molar-refractivity contribution in [2.75, 3.05) is 20.1 Å². The van der Waals surface area contributed by atoms with E-state index in [-0.39, 0.29) is 29.7 Å². The molecule has 2 aromatic carbocycles. The second-order valence-corrected chi connectivity index (χ2v) is 11.3. The Morgan fingerprint density at radius 2 is 1.63 bits per heavy atom. The normalized spacial score (nSPS) is 12.5. The monoisotopic (exact) mass is 501 g/mol. The van der Waals surface area contributed by atoms with Gasteiger partial charge in [-0.2, -0.15) is 0 Å². The van der Waals surface area contributed by atoms with Gasteiger partial charge in [-0.25, -0.2) is 12.7 Å². The summed E-state index contributed by atoms with van der Waals surface area (Å²) < 4.78 is 26.8. The highest BCUT2D eigenvalue weighted by atomic mass is 32.2. The summed E-state index contributed by atoms with van der Waals surface area (Å²) in [6.45, 7) is 9.02. The minimum atomic E-state index is -3.62. The third-order valence-electron chi connectivity index (χ3n) is 5.99. The lowest BCUT2D eigenvalue weighted by Gasteiger charge is -2.31. The number of sulfonamides is 1. The minimum Gasteiger partial charge on any atom is -0.354 e. The molecule has 0 saturated carbocycles. The van der Waals surface area contributed by atoms with Crippen molar-refractivity contribution in [1.29, 1.82) is 0 Å². The van der Waals surface area contributed by atoms with E-state index in [1.807, 2.05) is 52.0 Å². The maximum absolute atomic E-state index is 13.4. The molecule has 2 aromatic rings. The summed E-state index contributed by atoms with van der Waals surface area (Å²) >= 11 is 0. The van der Waals surface area contributed by atoms with Crippen molar-refractivity contribution in [3.05, 3.63) is 65.7 Å². The van der Waals surface area contributed by atoms with Crippen LogP contribution in [0, 0.1) is 12.8 Å². The van der Waals surface area contributed by atoms with Crippen molar-refractivity contribution >= 4 is 21.8 Å². The number of aryl methyl sites for hydroxylation is 1. The van der Waals surface area contributed by atoms with Gasteiger partial charge in [-0.15, -0.1) is 0 Å². The molecule has 8 heteroatoms. The number of carbonyl (C=O) groups is 2. The fraction of sp³-hybridized carbons (Fsp3) is 0.481. The molecule has 0 aromatic heterocycles. The van der Waals surface area contributed by atoms with E-state index >= 15 is 0 Å². The fourth-order valence-corrected chi connectivity index (χ4v) is 5.03. The van der Waals surface area contributed by atoms with E-state index < -0.39 is 16.1 Å². The Morgan fingerprint density at radius 3 is 2.23 bits per heavy atom. The molecule has 0 bridgehead atoms. The lowest BCUT2D eigenvalue weighted by Crippen LogP contribution is -2.49. The van der Waals surface area contributed by atoms with E-state index in [0.717, 1.165) is 11.1 Å². The van der Waals surface area contributed by atoms with Crippen molar-refractivity contribution in [2.45, 2.75) is 64.4 Å². The molecule has 35 heavy (non-hydrogen) atoms. The predicted molar refractivity (Wildman–Crippen MR) is 139 cm³/mol. The number of rotatable bonds is 13. The number of nitrogens with one attached hydrogen (secondary N) is 1. The Labute approximate surface area is 210 Å². The van der Waals surface area contributed by atoms with Gasteiger partial charge in [0.25, 0.3) is 0 Å². The van der Waals surface area contributed by atoms with Gasteiger partial charge in [-0.1, -0.05) is 63.2 Å². The molecule has 0 saturated heterocycles. The van der Waals surface area contributed by atoms with Crippen molar-refractivity contribution in [2.24, 2.45) is 5.92 Å². The molecule has 0 spiro atoms. The van der Waals surface area contributed by atoms with Crippen LogP contribution in [0.4, 0.5) is 0 Å². The second kappa shape index (κ2) is 13.4. The highest BCUT2D eigenvalue weighted by molar-refractivity contribution is 7.89. The zero-order valence-corrected chi connectivity index (χ0v) is 22.3. The highest BCUT2D eigenvalue weighted by Gasteiger charge is 2.29. The van der Waals surface area contributed by atoms with Crippen molar-refractivity contribution in [1.82, 2.24) is 14.5 Å². The Hall–Kier alpha value is -2.71. The summed E-state index contributed by atoms with van der Waals surface area (Å²) in [7, 11) is -2.10. The molecular formula is C27H39N3O4S. The summed E-state index contributed by atoms with van der Waals surface area (Å²) in [6, 6.07) is 15.5. The van der Waals surface area contributed by atoms with Crippen LogP contribution in [0.5, 0.6) is 0 Å². The van der Waals surface area contributed by atoms with Crippen molar-refractivity contribution in [3.63, 3.8) is 0 Å². The molecule has 0 aliphatic heterocycles. The smallest absolute Gasteiger partial charge is 0.242 e. The van der Waals surface area contributed by atoms with Gasteiger partial charge in [0.2, 0.25) is 21.8 Å². The summed E-state index contributed by atoms with van der Waals surface area (Å²) in [4.78, 5) is 28.2. The van der Waals surface area contributed by atoms with Gasteiger partial charge in [-0.05, 0) is 48.9 Å². The molecule has 0 aliphatic rings. The number of hydrogen-bond acceptors (Lipinski definition) is 4. The SMILES string of the molecule is CC[C@H](C(=O)NCC(C)C)N(Cc1ccccc1C)C(=O)CCCN(C)S(=O)(=O)c1ccccc1. The molecule has 2 rings (SSSR count). The highest BCUT2D eigenvalue weighted by Crippen LogP contribution is 2.18. The van der Waals surface area contributed by atoms with Gasteiger partial charge in [0.15, 0.2) is 0 Å². The van der Waals surface area contributed by atoms with Crippen LogP contribution in [0.1, 0.15) is 51.2 Å². The van der Waals surface area contributed by atoms with E-state index in [2.05, 4.69) is 5.32 Å². The van der Waals surface area contributed by atoms with Gasteiger partial charge in [-0.3, -0.25) is 9.59 Å². The second-order valence-electron chi connectivity index (χ2n) is 9.25. The van der Waals surface area contributed by atoms with Gasteiger partial charge in [0, 0.05) is 33.1 Å². The number of carbonyl (C=O) groups excluding carboxylic acids is 2. The van der Waals surface area contributed by atoms with Crippen LogP contribution in [0.3, 0.4) is 0 Å². The van der Waals surface area contributed by atoms with Crippen LogP contribution >= 0.6 is 0 Å². The maximum atomic E-state index is 13.4. The third-order valence-corrected chi connectivity index (χ3v) is 7.86. The average Bonchev–Trinajstić information content (AvgIpc) is 2.84. The fourth-order valence-electron chi connectivity index (χ4n) is 3.80. The number of amides is 2. The molecule has 0 unspecified atom stereocenters. The Bertz CT molecular complexity index is 1070. The molecule has 0 fully saturated rings. The van der Waals surface area contributed by atoms with Gasteiger partial charge >= 0.3 is 0 Å². The van der Waals surface area contributed by atoms with Crippen molar-refractivity contribution < 1.29 is 18.0 Å². The van der Waals surface area contributed by atoms with Gasteiger partial charge in [0.1, 0.15) is 6.04 Å². The first-order chi connectivity index (χ1) is 16.6. The lowest BCUT2D eigenvalue weighted by atomic mass is 10.0. The van der Waals surface area contributed by atoms with Crippen LogP contribution in [-0.4, -0.2) is 55.6 Å². The van der Waals surface area contributed by atoms with Crippen LogP contribution in [0.25, 0.3) is 0 Å². The molecule has 1 atom stereocenters. The molecule has 0 heterocycles. The average molecular weight is 502 g/mol. The van der Waals surface area contributed by atoms with E-state index in [1.165, 1.54) is 11.4 Å². The first-order valence-electron chi connectivity index (χ1n) is 12.2. The molecule has 1 N–H and O–H groups in total. The molecule has 0 aliphatic carbocycles. The summed E-state index contributed by atoms with van der Waals surface area (Å²) in [5, 5.41) is 2.96. The van der Waals surface area contributed by atoms with E-state index in [4.69, 9.17) is 0 Å². The van der Waals surface area contributed by atoms with E-state index in [9.17, 15) is 18.0 Å². The van der Waals surface area contributed by atoms with Crippen LogP contribution in [-0.2, 0) is 26.2 Å². The zero-order chi connectivity index (χ0) is 26.0. The molecule has 0 radical (unpaired) electrons.